The lowest BCUT2D eigenvalue weighted by Crippen LogP contribution is -2.48. The van der Waals surface area contributed by atoms with Gasteiger partial charge in [-0.1, -0.05) is 353 Å². The summed E-state index contributed by atoms with van der Waals surface area (Å²) >= 11 is 0. The number of carbonyl (C=O) groups excluding carboxylic acids is 1. The van der Waals surface area contributed by atoms with E-state index in [1.807, 2.05) is 6.08 Å². The molecule has 0 bridgehead atoms. The Balaban J connectivity index is 3.51. The molecule has 0 aromatic heterocycles. The summed E-state index contributed by atoms with van der Waals surface area (Å²) in [4.78, 5) is 12.6. The number of allylic oxidation sites excluding steroid dienone is 3. The largest absolute Gasteiger partial charge is 0.394 e. The Hall–Kier alpha value is -1.17. The van der Waals surface area contributed by atoms with Crippen LogP contribution in [-0.2, 0) is 4.79 Å². The third kappa shape index (κ3) is 54.6. The molecule has 0 aliphatic carbocycles. The molecule has 0 fully saturated rings. The Morgan fingerprint density at radius 1 is 0.343 bits per heavy atom. The van der Waals surface area contributed by atoms with E-state index >= 15 is 0 Å². The minimum atomic E-state index is -1.10. The summed E-state index contributed by atoms with van der Waals surface area (Å²) in [5.41, 5.74) is 0. The highest BCUT2D eigenvalue weighted by Crippen LogP contribution is 2.19. The molecule has 416 valence electrons. The lowest BCUT2D eigenvalue weighted by atomic mass is 10.0. The second-order valence-corrected chi connectivity index (χ2v) is 22.3. The predicted octanol–water partition coefficient (Wildman–Crippen LogP) is 20.4. The van der Waals surface area contributed by atoms with Crippen molar-refractivity contribution in [1.29, 1.82) is 0 Å². The zero-order valence-electron chi connectivity index (χ0n) is 47.7. The second kappa shape index (κ2) is 60.4. The molecule has 0 aliphatic heterocycles. The van der Waals surface area contributed by atoms with Crippen molar-refractivity contribution in [2.45, 2.75) is 379 Å². The summed E-state index contributed by atoms with van der Waals surface area (Å²) in [6, 6.07) is -0.813. The summed E-state index contributed by atoms with van der Waals surface area (Å²) in [5, 5.41) is 33.4. The highest BCUT2D eigenvalue weighted by atomic mass is 16.3. The predicted molar refractivity (Wildman–Crippen MR) is 310 cm³/mol. The summed E-state index contributed by atoms with van der Waals surface area (Å²) in [7, 11) is 0. The minimum absolute atomic E-state index is 0.372. The van der Waals surface area contributed by atoms with Crippen molar-refractivity contribution in [3.63, 3.8) is 0 Å². The molecule has 70 heavy (non-hydrogen) atoms. The van der Waals surface area contributed by atoms with Gasteiger partial charge in [-0.2, -0.15) is 0 Å². The normalized spacial score (nSPS) is 13.3. The van der Waals surface area contributed by atoms with Gasteiger partial charge in [0.05, 0.1) is 18.8 Å². The molecule has 3 unspecified atom stereocenters. The zero-order chi connectivity index (χ0) is 50.7. The smallest absolute Gasteiger partial charge is 0.249 e. The monoisotopic (exact) mass is 986 g/mol. The molecule has 0 spiro atoms. The molecule has 0 aromatic carbocycles. The Morgan fingerprint density at radius 3 is 0.871 bits per heavy atom. The van der Waals surface area contributed by atoms with Crippen LogP contribution in [0.3, 0.4) is 0 Å². The van der Waals surface area contributed by atoms with Crippen LogP contribution in [0.1, 0.15) is 361 Å². The number of rotatable bonds is 60. The Morgan fingerprint density at radius 2 is 0.586 bits per heavy atom. The van der Waals surface area contributed by atoms with Gasteiger partial charge in [-0.15, -0.1) is 0 Å². The molecule has 0 rings (SSSR count). The number of hydrogen-bond donors (Lipinski definition) is 4. The van der Waals surface area contributed by atoms with Gasteiger partial charge in [0.2, 0.25) is 5.91 Å². The second-order valence-electron chi connectivity index (χ2n) is 22.3. The maximum atomic E-state index is 12.6. The molecule has 0 heterocycles. The fourth-order valence-corrected chi connectivity index (χ4v) is 10.3. The van der Waals surface area contributed by atoms with Gasteiger partial charge >= 0.3 is 0 Å². The van der Waals surface area contributed by atoms with E-state index in [1.54, 1.807) is 6.08 Å². The molecule has 0 aliphatic rings. The van der Waals surface area contributed by atoms with Crippen LogP contribution in [0, 0.1) is 0 Å². The number of unbranched alkanes of at least 4 members (excludes halogenated alkanes) is 50. The van der Waals surface area contributed by atoms with Gasteiger partial charge < -0.3 is 20.6 Å². The first-order chi connectivity index (χ1) is 34.6. The third-order valence-corrected chi connectivity index (χ3v) is 15.3. The van der Waals surface area contributed by atoms with Crippen LogP contribution < -0.4 is 5.32 Å². The highest BCUT2D eigenvalue weighted by Gasteiger charge is 2.22. The van der Waals surface area contributed by atoms with Gasteiger partial charge in [-0.05, 0) is 32.1 Å². The summed E-state index contributed by atoms with van der Waals surface area (Å²) in [5.74, 6) is -0.505. The van der Waals surface area contributed by atoms with Gasteiger partial charge in [0.15, 0.2) is 0 Å². The average Bonchev–Trinajstić information content (AvgIpc) is 3.36. The van der Waals surface area contributed by atoms with Crippen molar-refractivity contribution < 1.29 is 20.1 Å². The molecule has 0 aromatic rings. The van der Waals surface area contributed by atoms with Crippen LogP contribution in [0.4, 0.5) is 0 Å². The lowest BCUT2D eigenvalue weighted by molar-refractivity contribution is -0.131. The van der Waals surface area contributed by atoms with Gasteiger partial charge in [-0.25, -0.2) is 0 Å². The standard InChI is InChI=1S/C65H127NO4/c1-3-5-7-9-11-13-15-17-19-21-23-25-27-29-30-31-32-33-34-35-36-38-40-42-44-46-48-50-52-54-56-58-60-64(69)65(70)66-62(61-67)63(68)59-57-55-53-51-49-47-45-43-41-39-37-28-26-24-22-20-18-16-14-12-10-8-6-4-2/h49,51,57,59,62-64,67-69H,3-48,50,52-56,58,60-61H2,1-2H3,(H,66,70)/b51-49+,59-57+. The summed E-state index contributed by atoms with van der Waals surface area (Å²) < 4.78 is 0. The van der Waals surface area contributed by atoms with Crippen LogP contribution in [0.5, 0.6) is 0 Å². The topological polar surface area (TPSA) is 89.8 Å². The molecule has 4 N–H and O–H groups in total. The molecule has 0 saturated heterocycles. The first kappa shape index (κ1) is 68.8. The first-order valence-electron chi connectivity index (χ1n) is 32.2. The fraction of sp³-hybridized carbons (Fsp3) is 0.923. The molecule has 5 heteroatoms. The average molecular weight is 987 g/mol. The number of hydrogen-bond acceptors (Lipinski definition) is 4. The van der Waals surface area contributed by atoms with E-state index in [4.69, 9.17) is 0 Å². The number of nitrogens with one attached hydrogen (secondary N) is 1. The third-order valence-electron chi connectivity index (χ3n) is 15.3. The van der Waals surface area contributed by atoms with Gasteiger partial charge in [-0.3, -0.25) is 4.79 Å². The number of aliphatic hydroxyl groups is 3. The van der Waals surface area contributed by atoms with Gasteiger partial charge in [0, 0.05) is 0 Å². The Labute approximate surface area is 439 Å². The molecule has 1 amide bonds. The van der Waals surface area contributed by atoms with E-state index in [2.05, 4.69) is 31.3 Å². The molecule has 5 nitrogen and oxygen atoms in total. The maximum Gasteiger partial charge on any atom is 0.249 e. The van der Waals surface area contributed by atoms with E-state index in [1.165, 1.54) is 302 Å². The maximum absolute atomic E-state index is 12.6. The van der Waals surface area contributed by atoms with Crippen LogP contribution >= 0.6 is 0 Å². The van der Waals surface area contributed by atoms with Gasteiger partial charge in [0.1, 0.15) is 6.10 Å². The van der Waals surface area contributed by atoms with Crippen molar-refractivity contribution in [2.75, 3.05) is 6.61 Å². The first-order valence-corrected chi connectivity index (χ1v) is 32.2. The van der Waals surface area contributed by atoms with E-state index < -0.39 is 24.2 Å². The molecular weight excluding hydrogens is 859 g/mol. The van der Waals surface area contributed by atoms with Crippen LogP contribution in [0.15, 0.2) is 24.3 Å². The summed E-state index contributed by atoms with van der Waals surface area (Å²) in [6.45, 7) is 4.22. The molecular formula is C65H127NO4. The molecule has 3 atom stereocenters. The van der Waals surface area contributed by atoms with Crippen LogP contribution in [0.2, 0.25) is 0 Å². The van der Waals surface area contributed by atoms with Crippen LogP contribution in [-0.4, -0.2) is 46.1 Å². The Kier molecular flexibility index (Phi) is 59.4. The summed E-state index contributed by atoms with van der Waals surface area (Å²) in [6.07, 6.45) is 78.7. The van der Waals surface area contributed by atoms with Crippen LogP contribution in [0.25, 0.3) is 0 Å². The SMILES string of the molecule is CCCCCCCCCCCCCCCCCCCC/C=C/CC/C=C/C(O)C(CO)NC(=O)C(O)CCCCCCCCCCCCCCCCCCCCCCCCCCCCCCCCCC. The van der Waals surface area contributed by atoms with Crippen molar-refractivity contribution in [2.24, 2.45) is 0 Å². The molecule has 0 saturated carbocycles. The van der Waals surface area contributed by atoms with Crippen molar-refractivity contribution in [3.05, 3.63) is 24.3 Å². The lowest BCUT2D eigenvalue weighted by Gasteiger charge is -2.21. The minimum Gasteiger partial charge on any atom is -0.394 e. The van der Waals surface area contributed by atoms with Crippen molar-refractivity contribution in [3.8, 4) is 0 Å². The van der Waals surface area contributed by atoms with E-state index in [0.717, 1.165) is 38.5 Å². The zero-order valence-corrected chi connectivity index (χ0v) is 47.7. The Bertz CT molecular complexity index is 1040. The number of carbonyl (C=O) groups is 1. The van der Waals surface area contributed by atoms with E-state index in [-0.39, 0.29) is 6.61 Å². The van der Waals surface area contributed by atoms with E-state index in [9.17, 15) is 20.1 Å². The van der Waals surface area contributed by atoms with Crippen molar-refractivity contribution >= 4 is 5.91 Å². The van der Waals surface area contributed by atoms with E-state index in [0.29, 0.717) is 6.42 Å². The highest BCUT2D eigenvalue weighted by molar-refractivity contribution is 5.80. The quantitative estimate of drug-likeness (QED) is 0.0361. The number of aliphatic hydroxyl groups excluding tert-OH is 3. The number of amides is 1. The fourth-order valence-electron chi connectivity index (χ4n) is 10.3. The van der Waals surface area contributed by atoms with Gasteiger partial charge in [0.25, 0.3) is 0 Å². The van der Waals surface area contributed by atoms with Crippen molar-refractivity contribution in [1.82, 2.24) is 5.32 Å². The molecule has 0 radical (unpaired) electrons.